The SMILES string of the molecule is CCNC(=O)CCNc1cc(Cl)nc(-c2ccccc2)n1. The second kappa shape index (κ2) is 7.59. The Morgan fingerprint density at radius 2 is 2.00 bits per heavy atom. The van der Waals surface area contributed by atoms with E-state index in [9.17, 15) is 4.79 Å². The zero-order valence-corrected chi connectivity index (χ0v) is 12.5. The number of benzene rings is 1. The van der Waals surface area contributed by atoms with Gasteiger partial charge in [0.05, 0.1) is 0 Å². The molecule has 0 aliphatic heterocycles. The van der Waals surface area contributed by atoms with Gasteiger partial charge in [0, 0.05) is 31.1 Å². The lowest BCUT2D eigenvalue weighted by Crippen LogP contribution is -2.24. The maximum absolute atomic E-state index is 11.4. The minimum absolute atomic E-state index is 0.00781. The van der Waals surface area contributed by atoms with Gasteiger partial charge in [-0.2, -0.15) is 0 Å². The molecule has 0 aliphatic carbocycles. The third-order valence-corrected chi connectivity index (χ3v) is 2.95. The van der Waals surface area contributed by atoms with Crippen LogP contribution in [0.2, 0.25) is 5.15 Å². The van der Waals surface area contributed by atoms with E-state index in [0.717, 1.165) is 5.56 Å². The Morgan fingerprint density at radius 3 is 2.71 bits per heavy atom. The summed E-state index contributed by atoms with van der Waals surface area (Å²) in [5.41, 5.74) is 0.895. The quantitative estimate of drug-likeness (QED) is 0.805. The molecule has 0 spiro atoms. The Bertz CT molecular complexity index is 604. The molecule has 5 nitrogen and oxygen atoms in total. The van der Waals surface area contributed by atoms with Gasteiger partial charge in [-0.25, -0.2) is 9.97 Å². The van der Waals surface area contributed by atoms with Crippen molar-refractivity contribution in [3.8, 4) is 11.4 Å². The van der Waals surface area contributed by atoms with Crippen LogP contribution in [0.3, 0.4) is 0 Å². The normalized spacial score (nSPS) is 10.2. The molecule has 2 rings (SSSR count). The number of anilines is 1. The van der Waals surface area contributed by atoms with Gasteiger partial charge in [-0.1, -0.05) is 41.9 Å². The molecule has 0 bridgehead atoms. The lowest BCUT2D eigenvalue weighted by Gasteiger charge is -2.08. The average Bonchev–Trinajstić information content (AvgIpc) is 2.48. The molecule has 0 saturated heterocycles. The minimum Gasteiger partial charge on any atom is -0.369 e. The van der Waals surface area contributed by atoms with Crippen molar-refractivity contribution < 1.29 is 4.79 Å². The van der Waals surface area contributed by atoms with Crippen LogP contribution in [0.1, 0.15) is 13.3 Å². The van der Waals surface area contributed by atoms with Crippen molar-refractivity contribution in [2.24, 2.45) is 0 Å². The minimum atomic E-state index is 0.00781. The molecule has 0 radical (unpaired) electrons. The molecular formula is C15H17ClN4O. The van der Waals surface area contributed by atoms with Crippen molar-refractivity contribution in [3.63, 3.8) is 0 Å². The number of nitrogens with one attached hydrogen (secondary N) is 2. The first-order valence-corrected chi connectivity index (χ1v) is 7.17. The van der Waals surface area contributed by atoms with Gasteiger partial charge in [-0.05, 0) is 6.92 Å². The van der Waals surface area contributed by atoms with Crippen LogP contribution in [0.5, 0.6) is 0 Å². The number of hydrogen-bond acceptors (Lipinski definition) is 4. The van der Waals surface area contributed by atoms with Crippen LogP contribution in [0.25, 0.3) is 11.4 Å². The highest BCUT2D eigenvalue weighted by Gasteiger charge is 2.06. The van der Waals surface area contributed by atoms with Gasteiger partial charge in [0.15, 0.2) is 5.82 Å². The summed E-state index contributed by atoms with van der Waals surface area (Å²) in [5, 5.41) is 6.20. The van der Waals surface area contributed by atoms with E-state index in [1.165, 1.54) is 0 Å². The highest BCUT2D eigenvalue weighted by atomic mass is 35.5. The molecule has 110 valence electrons. The number of rotatable bonds is 6. The van der Waals surface area contributed by atoms with Crippen molar-refractivity contribution in [1.29, 1.82) is 0 Å². The van der Waals surface area contributed by atoms with E-state index in [1.807, 2.05) is 37.3 Å². The summed E-state index contributed by atoms with van der Waals surface area (Å²) in [6, 6.07) is 11.3. The first-order chi connectivity index (χ1) is 10.2. The first kappa shape index (κ1) is 15.3. The standard InChI is InChI=1S/C15H17ClN4O/c1-2-17-14(21)8-9-18-13-10-12(16)19-15(20-13)11-6-4-3-5-7-11/h3-7,10H,2,8-9H2,1H3,(H,17,21)(H,18,19,20). The molecule has 0 unspecified atom stereocenters. The van der Waals surface area contributed by atoms with Crippen LogP contribution in [0.15, 0.2) is 36.4 Å². The smallest absolute Gasteiger partial charge is 0.221 e. The van der Waals surface area contributed by atoms with Crippen LogP contribution in [0, 0.1) is 0 Å². The second-order valence-corrected chi connectivity index (χ2v) is 4.78. The number of halogens is 1. The van der Waals surface area contributed by atoms with E-state index < -0.39 is 0 Å². The molecular weight excluding hydrogens is 288 g/mol. The van der Waals surface area contributed by atoms with E-state index in [1.54, 1.807) is 6.07 Å². The number of carbonyl (C=O) groups is 1. The number of aromatic nitrogens is 2. The van der Waals surface area contributed by atoms with Gasteiger partial charge < -0.3 is 10.6 Å². The van der Waals surface area contributed by atoms with Gasteiger partial charge >= 0.3 is 0 Å². The van der Waals surface area contributed by atoms with Crippen LogP contribution in [0.4, 0.5) is 5.82 Å². The molecule has 2 aromatic rings. The zero-order valence-electron chi connectivity index (χ0n) is 11.8. The number of hydrogen-bond donors (Lipinski definition) is 2. The van der Waals surface area contributed by atoms with Crippen LogP contribution < -0.4 is 10.6 Å². The third kappa shape index (κ3) is 4.72. The largest absolute Gasteiger partial charge is 0.369 e. The van der Waals surface area contributed by atoms with Gasteiger partial charge in [-0.15, -0.1) is 0 Å². The Hall–Kier alpha value is -2.14. The summed E-state index contributed by atoms with van der Waals surface area (Å²) in [6.45, 7) is 3.02. The van der Waals surface area contributed by atoms with E-state index in [4.69, 9.17) is 11.6 Å². The Morgan fingerprint density at radius 1 is 1.24 bits per heavy atom. The summed E-state index contributed by atoms with van der Waals surface area (Å²) in [5.74, 6) is 1.18. The van der Waals surface area contributed by atoms with E-state index in [-0.39, 0.29) is 5.91 Å². The van der Waals surface area contributed by atoms with E-state index in [2.05, 4.69) is 20.6 Å². The average molecular weight is 305 g/mol. The zero-order chi connectivity index (χ0) is 15.1. The van der Waals surface area contributed by atoms with E-state index >= 15 is 0 Å². The van der Waals surface area contributed by atoms with Crippen molar-refractivity contribution >= 4 is 23.3 Å². The summed E-state index contributed by atoms with van der Waals surface area (Å²) in [7, 11) is 0. The predicted molar refractivity (Wildman–Crippen MR) is 84.3 cm³/mol. The van der Waals surface area contributed by atoms with Gasteiger partial charge in [0.2, 0.25) is 5.91 Å². The molecule has 1 aromatic carbocycles. The molecule has 21 heavy (non-hydrogen) atoms. The third-order valence-electron chi connectivity index (χ3n) is 2.76. The van der Waals surface area contributed by atoms with E-state index in [0.29, 0.717) is 36.3 Å². The number of amides is 1. The maximum Gasteiger partial charge on any atom is 0.221 e. The monoisotopic (exact) mass is 304 g/mol. The topological polar surface area (TPSA) is 66.9 Å². The van der Waals surface area contributed by atoms with Crippen molar-refractivity contribution in [2.75, 3.05) is 18.4 Å². The molecule has 6 heteroatoms. The molecule has 1 amide bonds. The molecule has 0 saturated carbocycles. The molecule has 0 atom stereocenters. The second-order valence-electron chi connectivity index (χ2n) is 4.40. The first-order valence-electron chi connectivity index (χ1n) is 6.79. The summed E-state index contributed by atoms with van der Waals surface area (Å²) in [6.07, 6.45) is 0.385. The fourth-order valence-corrected chi connectivity index (χ4v) is 2.00. The molecule has 2 N–H and O–H groups in total. The maximum atomic E-state index is 11.4. The van der Waals surface area contributed by atoms with Gasteiger partial charge in [0.1, 0.15) is 11.0 Å². The molecule has 0 aliphatic rings. The highest BCUT2D eigenvalue weighted by Crippen LogP contribution is 2.19. The van der Waals surface area contributed by atoms with Gasteiger partial charge in [-0.3, -0.25) is 4.79 Å². The predicted octanol–water partition coefficient (Wildman–Crippen LogP) is 2.74. The highest BCUT2D eigenvalue weighted by molar-refractivity contribution is 6.29. The number of nitrogens with zero attached hydrogens (tertiary/aromatic N) is 2. The molecule has 1 aromatic heterocycles. The number of carbonyl (C=O) groups excluding carboxylic acids is 1. The fraction of sp³-hybridized carbons (Fsp3) is 0.267. The Kier molecular flexibility index (Phi) is 5.51. The summed E-state index contributed by atoms with van der Waals surface area (Å²) >= 11 is 6.02. The van der Waals surface area contributed by atoms with Crippen LogP contribution in [-0.4, -0.2) is 29.0 Å². The summed E-state index contributed by atoms with van der Waals surface area (Å²) in [4.78, 5) is 20.0. The van der Waals surface area contributed by atoms with Crippen LogP contribution in [-0.2, 0) is 4.79 Å². The molecule has 0 fully saturated rings. The lowest BCUT2D eigenvalue weighted by molar-refractivity contribution is -0.120. The summed E-state index contributed by atoms with van der Waals surface area (Å²) < 4.78 is 0. The fourth-order valence-electron chi connectivity index (χ4n) is 1.81. The van der Waals surface area contributed by atoms with Crippen molar-refractivity contribution in [2.45, 2.75) is 13.3 Å². The van der Waals surface area contributed by atoms with Crippen molar-refractivity contribution in [1.82, 2.24) is 15.3 Å². The Labute approximate surface area is 128 Å². The van der Waals surface area contributed by atoms with Crippen LogP contribution >= 0.6 is 11.6 Å². The van der Waals surface area contributed by atoms with Crippen molar-refractivity contribution in [3.05, 3.63) is 41.6 Å². The van der Waals surface area contributed by atoms with Gasteiger partial charge in [0.25, 0.3) is 0 Å². The molecule has 1 heterocycles. The Balaban J connectivity index is 2.04. The lowest BCUT2D eigenvalue weighted by atomic mass is 10.2.